The van der Waals surface area contributed by atoms with Crippen LogP contribution >= 0.6 is 11.6 Å². The Morgan fingerprint density at radius 2 is 1.92 bits per heavy atom. The summed E-state index contributed by atoms with van der Waals surface area (Å²) in [6.45, 7) is 0.703. The van der Waals surface area contributed by atoms with Gasteiger partial charge >= 0.3 is 0 Å². The molecule has 3 aromatic rings. The minimum absolute atomic E-state index is 0.490. The molecule has 0 aliphatic heterocycles. The van der Waals surface area contributed by atoms with Crippen molar-refractivity contribution in [1.29, 1.82) is 0 Å². The number of methoxy groups -OCH3 is 1. The van der Waals surface area contributed by atoms with Crippen LogP contribution < -0.4 is 15.4 Å². The van der Waals surface area contributed by atoms with E-state index in [0.717, 1.165) is 17.9 Å². The topological polar surface area (TPSA) is 59.1 Å². The van der Waals surface area contributed by atoms with Crippen molar-refractivity contribution in [3.63, 3.8) is 0 Å². The molecule has 1 heterocycles. The van der Waals surface area contributed by atoms with Crippen LogP contribution in [0.5, 0.6) is 5.75 Å². The largest absolute Gasteiger partial charge is 0.497 e. The SMILES string of the molecule is COc1cccc(CCNc2nc(Nc3ccccc3)ncc2Cl)c1. The molecule has 0 unspecified atom stereocenters. The summed E-state index contributed by atoms with van der Waals surface area (Å²) < 4.78 is 5.24. The average molecular weight is 355 g/mol. The van der Waals surface area contributed by atoms with Crippen molar-refractivity contribution in [2.24, 2.45) is 0 Å². The zero-order valence-corrected chi connectivity index (χ0v) is 14.6. The third-order valence-electron chi connectivity index (χ3n) is 3.61. The molecule has 0 fully saturated rings. The van der Waals surface area contributed by atoms with E-state index in [2.05, 4.69) is 26.7 Å². The molecule has 1 aromatic heterocycles. The Hall–Kier alpha value is -2.79. The van der Waals surface area contributed by atoms with Crippen LogP contribution in [-0.2, 0) is 6.42 Å². The number of hydrogen-bond acceptors (Lipinski definition) is 5. The van der Waals surface area contributed by atoms with E-state index in [0.29, 0.717) is 23.3 Å². The molecule has 0 aliphatic rings. The molecule has 0 radical (unpaired) electrons. The highest BCUT2D eigenvalue weighted by atomic mass is 35.5. The summed E-state index contributed by atoms with van der Waals surface area (Å²) in [6.07, 6.45) is 2.42. The molecule has 0 saturated heterocycles. The van der Waals surface area contributed by atoms with E-state index in [1.165, 1.54) is 5.56 Å². The normalized spacial score (nSPS) is 10.3. The standard InChI is InChI=1S/C19H19ClN4O/c1-25-16-9-5-6-14(12-16)10-11-21-18-17(20)13-22-19(24-18)23-15-7-3-2-4-8-15/h2-9,12-13H,10-11H2,1H3,(H2,21,22,23,24). The molecule has 2 N–H and O–H groups in total. The van der Waals surface area contributed by atoms with Gasteiger partial charge in [-0.15, -0.1) is 0 Å². The van der Waals surface area contributed by atoms with Crippen molar-refractivity contribution in [3.8, 4) is 5.75 Å². The predicted octanol–water partition coefficient (Wildman–Crippen LogP) is 4.54. The fourth-order valence-electron chi connectivity index (χ4n) is 2.36. The third kappa shape index (κ3) is 4.84. The first-order valence-corrected chi connectivity index (χ1v) is 8.34. The lowest BCUT2D eigenvalue weighted by Gasteiger charge is -2.10. The Bertz CT molecular complexity index is 827. The van der Waals surface area contributed by atoms with E-state index < -0.39 is 0 Å². The molecule has 0 spiro atoms. The van der Waals surface area contributed by atoms with Gasteiger partial charge in [-0.1, -0.05) is 41.9 Å². The van der Waals surface area contributed by atoms with E-state index in [4.69, 9.17) is 16.3 Å². The van der Waals surface area contributed by atoms with E-state index in [-0.39, 0.29) is 0 Å². The lowest BCUT2D eigenvalue weighted by molar-refractivity contribution is 0.414. The van der Waals surface area contributed by atoms with Crippen molar-refractivity contribution < 1.29 is 4.74 Å². The van der Waals surface area contributed by atoms with Gasteiger partial charge in [0.2, 0.25) is 5.95 Å². The second-order valence-electron chi connectivity index (χ2n) is 5.41. The van der Waals surface area contributed by atoms with Gasteiger partial charge in [0.25, 0.3) is 0 Å². The highest BCUT2D eigenvalue weighted by Gasteiger charge is 2.06. The van der Waals surface area contributed by atoms with Gasteiger partial charge in [0.1, 0.15) is 10.8 Å². The summed E-state index contributed by atoms with van der Waals surface area (Å²) in [4.78, 5) is 8.65. The van der Waals surface area contributed by atoms with Crippen LogP contribution in [-0.4, -0.2) is 23.6 Å². The molecule has 0 saturated carbocycles. The van der Waals surface area contributed by atoms with Crippen molar-refractivity contribution in [1.82, 2.24) is 9.97 Å². The van der Waals surface area contributed by atoms with Crippen molar-refractivity contribution in [2.75, 3.05) is 24.3 Å². The van der Waals surface area contributed by atoms with Crippen molar-refractivity contribution >= 4 is 29.1 Å². The molecule has 3 rings (SSSR count). The summed E-state index contributed by atoms with van der Waals surface area (Å²) in [5.74, 6) is 1.96. The number of nitrogens with one attached hydrogen (secondary N) is 2. The predicted molar refractivity (Wildman–Crippen MR) is 102 cm³/mol. The Labute approximate surface area is 152 Å². The number of rotatable bonds is 7. The maximum absolute atomic E-state index is 6.19. The fourth-order valence-corrected chi connectivity index (χ4v) is 2.51. The summed E-state index contributed by atoms with van der Waals surface area (Å²) in [7, 11) is 1.67. The van der Waals surface area contributed by atoms with Crippen LogP contribution in [0, 0.1) is 0 Å². The summed E-state index contributed by atoms with van der Waals surface area (Å²) >= 11 is 6.19. The number of hydrogen-bond donors (Lipinski definition) is 2. The number of anilines is 3. The van der Waals surface area contributed by atoms with Crippen LogP contribution in [0.15, 0.2) is 60.8 Å². The maximum Gasteiger partial charge on any atom is 0.229 e. The van der Waals surface area contributed by atoms with E-state index in [9.17, 15) is 0 Å². The zero-order valence-electron chi connectivity index (χ0n) is 13.9. The minimum atomic E-state index is 0.490. The third-order valence-corrected chi connectivity index (χ3v) is 3.89. The van der Waals surface area contributed by atoms with Crippen LogP contribution in [0.25, 0.3) is 0 Å². The van der Waals surface area contributed by atoms with Crippen LogP contribution in [0.1, 0.15) is 5.56 Å². The van der Waals surface area contributed by atoms with Crippen LogP contribution in [0.4, 0.5) is 17.5 Å². The number of benzene rings is 2. The molecule has 6 heteroatoms. The molecule has 25 heavy (non-hydrogen) atoms. The molecular weight excluding hydrogens is 336 g/mol. The average Bonchev–Trinajstić information content (AvgIpc) is 2.65. The first-order chi connectivity index (χ1) is 12.2. The van der Waals surface area contributed by atoms with Gasteiger partial charge in [-0.05, 0) is 36.2 Å². The molecular formula is C19H19ClN4O. The molecule has 0 amide bonds. The molecule has 128 valence electrons. The summed E-state index contributed by atoms with van der Waals surface area (Å²) in [5, 5.41) is 6.91. The highest BCUT2D eigenvalue weighted by molar-refractivity contribution is 6.32. The van der Waals surface area contributed by atoms with Gasteiger partial charge in [0, 0.05) is 12.2 Å². The second-order valence-corrected chi connectivity index (χ2v) is 5.82. The van der Waals surface area contributed by atoms with Gasteiger partial charge in [-0.3, -0.25) is 0 Å². The number of para-hydroxylation sites is 1. The Morgan fingerprint density at radius 1 is 1.08 bits per heavy atom. The summed E-state index contributed by atoms with van der Waals surface area (Å²) in [5.41, 5.74) is 2.10. The lowest BCUT2D eigenvalue weighted by atomic mass is 10.1. The fraction of sp³-hybridized carbons (Fsp3) is 0.158. The van der Waals surface area contributed by atoms with E-state index >= 15 is 0 Å². The molecule has 5 nitrogen and oxygen atoms in total. The van der Waals surface area contributed by atoms with Gasteiger partial charge in [-0.25, -0.2) is 4.98 Å². The number of aromatic nitrogens is 2. The van der Waals surface area contributed by atoms with Crippen LogP contribution in [0.3, 0.4) is 0 Å². The first-order valence-electron chi connectivity index (χ1n) is 7.96. The monoisotopic (exact) mass is 354 g/mol. The van der Waals surface area contributed by atoms with Crippen LogP contribution in [0.2, 0.25) is 5.02 Å². The Kier molecular flexibility index (Phi) is 5.69. The zero-order chi connectivity index (χ0) is 17.5. The van der Waals surface area contributed by atoms with Gasteiger partial charge < -0.3 is 15.4 Å². The molecule has 0 aliphatic carbocycles. The second kappa shape index (κ2) is 8.35. The van der Waals surface area contributed by atoms with E-state index in [1.807, 2.05) is 48.5 Å². The number of halogens is 1. The highest BCUT2D eigenvalue weighted by Crippen LogP contribution is 2.21. The first kappa shape index (κ1) is 17.0. The van der Waals surface area contributed by atoms with Gasteiger partial charge in [-0.2, -0.15) is 4.98 Å². The number of ether oxygens (including phenoxy) is 1. The lowest BCUT2D eigenvalue weighted by Crippen LogP contribution is -2.08. The van der Waals surface area contributed by atoms with E-state index in [1.54, 1.807) is 13.3 Å². The quantitative estimate of drug-likeness (QED) is 0.652. The molecule has 2 aromatic carbocycles. The van der Waals surface area contributed by atoms with Crippen molar-refractivity contribution in [2.45, 2.75) is 6.42 Å². The smallest absolute Gasteiger partial charge is 0.229 e. The number of nitrogens with zero attached hydrogens (tertiary/aromatic N) is 2. The van der Waals surface area contributed by atoms with Crippen molar-refractivity contribution in [3.05, 3.63) is 71.4 Å². The van der Waals surface area contributed by atoms with Gasteiger partial charge in [0.05, 0.1) is 13.3 Å². The Balaban J connectivity index is 1.62. The minimum Gasteiger partial charge on any atom is -0.497 e. The summed E-state index contributed by atoms with van der Waals surface area (Å²) in [6, 6.07) is 17.8. The molecule has 0 bridgehead atoms. The maximum atomic E-state index is 6.19. The molecule has 0 atom stereocenters. The Morgan fingerprint density at radius 3 is 2.72 bits per heavy atom. The van der Waals surface area contributed by atoms with Gasteiger partial charge in [0.15, 0.2) is 5.82 Å².